The Morgan fingerprint density at radius 2 is 2.07 bits per heavy atom. The van der Waals surface area contributed by atoms with E-state index >= 15 is 0 Å². The lowest BCUT2D eigenvalue weighted by atomic mass is 10.2. The molecule has 5 heteroatoms. The molecule has 1 aliphatic heterocycles. The molecule has 70 valence electrons. The lowest BCUT2D eigenvalue weighted by Gasteiger charge is -2.31. The number of rotatable bonds is 0. The zero-order valence-electron chi connectivity index (χ0n) is 7.01. The monoisotopic (exact) mass is 189 g/mol. The second-order valence-electron chi connectivity index (χ2n) is 2.73. The fourth-order valence-electron chi connectivity index (χ4n) is 1.25. The molecule has 5 nitrogen and oxygen atoms in total. The van der Waals surface area contributed by atoms with Crippen molar-refractivity contribution in [2.45, 2.75) is 0 Å². The molecule has 0 saturated heterocycles. The molecule has 0 unspecified atom stereocenters. The number of allylic oxidation sites excluding steroid dienone is 1. The van der Waals surface area contributed by atoms with Crippen LogP contribution in [-0.2, 0) is 4.79 Å². The first-order chi connectivity index (χ1) is 6.74. The summed E-state index contributed by atoms with van der Waals surface area (Å²) in [5.74, 6) is 1.41. The second kappa shape index (κ2) is 2.99. The van der Waals surface area contributed by atoms with Crippen LogP contribution in [0, 0.1) is 10.4 Å². The van der Waals surface area contributed by atoms with Crippen LogP contribution in [0.15, 0.2) is 30.0 Å². The normalized spacial score (nSPS) is 14.5. The summed E-state index contributed by atoms with van der Waals surface area (Å²) in [5.41, 5.74) is 0.0588. The zero-order chi connectivity index (χ0) is 10.1. The van der Waals surface area contributed by atoms with Crippen molar-refractivity contribution in [3.8, 4) is 0 Å². The molecular weight excluding hydrogens is 184 g/mol. The number of hydrogen-bond donors (Lipinski definition) is 0. The third-order valence-corrected chi connectivity index (χ3v) is 1.90. The predicted octanol–water partition coefficient (Wildman–Crippen LogP) is 0.932. The highest BCUT2D eigenvalue weighted by atomic mass is 16.5. The number of benzene rings is 1. The molecule has 0 fully saturated rings. The molecule has 0 radical (unpaired) electrons. The van der Waals surface area contributed by atoms with Crippen LogP contribution in [0.1, 0.15) is 0 Å². The van der Waals surface area contributed by atoms with Gasteiger partial charge < -0.3 is 15.5 Å². The molecule has 0 bridgehead atoms. The minimum absolute atomic E-state index is 0.156. The van der Waals surface area contributed by atoms with Gasteiger partial charge in [0.15, 0.2) is 11.6 Å². The van der Waals surface area contributed by atoms with Gasteiger partial charge in [0, 0.05) is 6.07 Å². The van der Waals surface area contributed by atoms with Gasteiger partial charge in [0.25, 0.3) is 0 Å². The van der Waals surface area contributed by atoms with Gasteiger partial charge in [-0.3, -0.25) is 0 Å². The molecular formula is C9H5N2O3-. The summed E-state index contributed by atoms with van der Waals surface area (Å²) in [7, 11) is 0. The maximum absolute atomic E-state index is 11.4. The van der Waals surface area contributed by atoms with Gasteiger partial charge in [-0.1, -0.05) is 12.1 Å². The Morgan fingerprint density at radius 1 is 1.36 bits per heavy atom. The molecule has 1 aromatic rings. The number of fused-ring (bicyclic) bond motifs is 1. The standard InChI is InChI=1S/C9H5N2O3/c12-6-7-5-10(13)8-3-1-2-4-9(8)11(7)14/h1-5H/q-1. The highest BCUT2D eigenvalue weighted by Crippen LogP contribution is 2.31. The molecule has 2 rings (SSSR count). The van der Waals surface area contributed by atoms with E-state index in [2.05, 4.69) is 0 Å². The predicted molar refractivity (Wildman–Crippen MR) is 50.8 cm³/mol. The molecule has 0 atom stereocenters. The Balaban J connectivity index is 2.68. The summed E-state index contributed by atoms with van der Waals surface area (Å²) in [6, 6.07) is 6.23. The van der Waals surface area contributed by atoms with Crippen molar-refractivity contribution in [2.75, 3.05) is 5.06 Å². The van der Waals surface area contributed by atoms with Gasteiger partial charge in [-0.2, -0.15) is 4.74 Å². The maximum atomic E-state index is 11.4. The largest absolute Gasteiger partial charge is 0.753 e. The summed E-state index contributed by atoms with van der Waals surface area (Å²) in [4.78, 5) is 10.3. The van der Waals surface area contributed by atoms with E-state index in [1.54, 1.807) is 12.1 Å². The summed E-state index contributed by atoms with van der Waals surface area (Å²) in [6.45, 7) is 0. The third kappa shape index (κ3) is 1.08. The summed E-state index contributed by atoms with van der Waals surface area (Å²) >= 11 is 0. The lowest BCUT2D eigenvalue weighted by Crippen LogP contribution is -2.24. The zero-order valence-corrected chi connectivity index (χ0v) is 7.01. The first-order valence-corrected chi connectivity index (χ1v) is 3.86. The Hall–Kier alpha value is -2.10. The first-order valence-electron chi connectivity index (χ1n) is 3.86. The van der Waals surface area contributed by atoms with E-state index in [1.807, 2.05) is 0 Å². The highest BCUT2D eigenvalue weighted by molar-refractivity contribution is 5.96. The summed E-state index contributed by atoms with van der Waals surface area (Å²) in [5, 5.41) is 23.1. The Labute approximate surface area is 79.4 Å². The van der Waals surface area contributed by atoms with Gasteiger partial charge >= 0.3 is 0 Å². The summed E-state index contributed by atoms with van der Waals surface area (Å²) in [6.07, 6.45) is 0.905. The Kier molecular flexibility index (Phi) is 1.81. The van der Waals surface area contributed by atoms with E-state index in [0.29, 0.717) is 9.80 Å². The number of hydroxylamine groups is 1. The molecule has 0 aromatic heterocycles. The number of nitrogens with zero attached hydrogens (tertiary/aromatic N) is 2. The van der Waals surface area contributed by atoms with Gasteiger partial charge in [-0.15, -0.1) is 0 Å². The van der Waals surface area contributed by atoms with Crippen LogP contribution in [0.4, 0.5) is 11.4 Å². The molecule has 1 aliphatic rings. The van der Waals surface area contributed by atoms with Crippen LogP contribution < -0.4 is 5.06 Å². The molecule has 0 spiro atoms. The van der Waals surface area contributed by atoms with Gasteiger partial charge in [0.1, 0.15) is 5.69 Å². The van der Waals surface area contributed by atoms with Gasteiger partial charge in [-0.05, 0) is 6.07 Å². The van der Waals surface area contributed by atoms with Crippen molar-refractivity contribution in [1.82, 2.24) is 0 Å². The van der Waals surface area contributed by atoms with E-state index in [9.17, 15) is 15.2 Å². The van der Waals surface area contributed by atoms with Crippen molar-refractivity contribution in [3.05, 3.63) is 40.4 Å². The number of para-hydroxylation sites is 2. The molecule has 1 aromatic carbocycles. The fourth-order valence-corrected chi connectivity index (χ4v) is 1.25. The Bertz CT molecular complexity index is 461. The molecule has 0 aliphatic carbocycles. The molecule has 0 amide bonds. The SMILES string of the molecule is O=C=C1C=[N+]([O-])c2ccccc2N1[O-]. The average Bonchev–Trinajstić information content (AvgIpc) is 2.23. The van der Waals surface area contributed by atoms with E-state index in [-0.39, 0.29) is 17.1 Å². The molecule has 1 heterocycles. The van der Waals surface area contributed by atoms with E-state index in [4.69, 9.17) is 0 Å². The number of carbonyl (C=O) groups excluding carboxylic acids is 1. The smallest absolute Gasteiger partial charge is 0.239 e. The topological polar surface area (TPSA) is 69.4 Å². The quantitative estimate of drug-likeness (QED) is 0.346. The van der Waals surface area contributed by atoms with Crippen LogP contribution in [0.5, 0.6) is 0 Å². The maximum Gasteiger partial charge on any atom is 0.239 e. The first kappa shape index (κ1) is 8.50. The minimum atomic E-state index is -0.321. The van der Waals surface area contributed by atoms with E-state index in [0.717, 1.165) is 6.21 Å². The van der Waals surface area contributed by atoms with Crippen LogP contribution in [0.25, 0.3) is 0 Å². The average molecular weight is 189 g/mol. The van der Waals surface area contributed by atoms with Gasteiger partial charge in [0.2, 0.25) is 11.9 Å². The molecule has 0 N–H and O–H groups in total. The van der Waals surface area contributed by atoms with Crippen LogP contribution in [0.3, 0.4) is 0 Å². The van der Waals surface area contributed by atoms with Crippen molar-refractivity contribution >= 4 is 23.5 Å². The van der Waals surface area contributed by atoms with Crippen molar-refractivity contribution in [2.24, 2.45) is 0 Å². The Morgan fingerprint density at radius 3 is 2.79 bits per heavy atom. The molecule has 14 heavy (non-hydrogen) atoms. The lowest BCUT2D eigenvalue weighted by molar-refractivity contribution is -0.354. The number of hydrogen-bond acceptors (Lipinski definition) is 4. The second-order valence-corrected chi connectivity index (χ2v) is 2.73. The van der Waals surface area contributed by atoms with Crippen molar-refractivity contribution in [1.29, 1.82) is 0 Å². The van der Waals surface area contributed by atoms with E-state index in [1.165, 1.54) is 18.1 Å². The van der Waals surface area contributed by atoms with Crippen LogP contribution >= 0.6 is 0 Å². The van der Waals surface area contributed by atoms with Crippen LogP contribution in [0.2, 0.25) is 0 Å². The van der Waals surface area contributed by atoms with E-state index < -0.39 is 0 Å². The van der Waals surface area contributed by atoms with Crippen LogP contribution in [-0.4, -0.2) is 16.9 Å². The minimum Gasteiger partial charge on any atom is -0.753 e. The number of anilines is 1. The highest BCUT2D eigenvalue weighted by Gasteiger charge is 2.19. The van der Waals surface area contributed by atoms with Crippen molar-refractivity contribution < 1.29 is 9.53 Å². The van der Waals surface area contributed by atoms with Gasteiger partial charge in [-0.25, -0.2) is 4.79 Å². The fraction of sp³-hybridized carbons (Fsp3) is 0. The third-order valence-electron chi connectivity index (χ3n) is 1.90. The van der Waals surface area contributed by atoms with Crippen molar-refractivity contribution in [3.63, 3.8) is 0 Å². The summed E-state index contributed by atoms with van der Waals surface area (Å²) < 4.78 is 0.476. The van der Waals surface area contributed by atoms with Gasteiger partial charge in [0.05, 0.1) is 0 Å². The molecule has 0 saturated carbocycles.